The molecule has 1 saturated heterocycles. The first kappa shape index (κ1) is 22.3. The Kier molecular flexibility index (Phi) is 6.06. The molecule has 1 aliphatic heterocycles. The van der Waals surface area contributed by atoms with E-state index in [1.165, 1.54) is 38.2 Å². The molecular formula is C27H31FN6O. The van der Waals surface area contributed by atoms with Crippen LogP contribution in [-0.2, 0) is 0 Å². The van der Waals surface area contributed by atoms with Crippen LogP contribution in [0.25, 0.3) is 17.2 Å². The largest absolute Gasteiger partial charge is 0.336 e. The highest BCUT2D eigenvalue weighted by Crippen LogP contribution is 2.42. The predicted molar refractivity (Wildman–Crippen MR) is 131 cm³/mol. The van der Waals surface area contributed by atoms with Crippen LogP contribution in [0.2, 0.25) is 0 Å². The minimum Gasteiger partial charge on any atom is -0.336 e. The van der Waals surface area contributed by atoms with Crippen LogP contribution in [-0.4, -0.2) is 67.7 Å². The lowest BCUT2D eigenvalue weighted by atomic mass is 9.94. The van der Waals surface area contributed by atoms with Crippen molar-refractivity contribution in [3.63, 3.8) is 0 Å². The van der Waals surface area contributed by atoms with Crippen molar-refractivity contribution in [2.75, 3.05) is 26.2 Å². The Bertz CT molecular complexity index is 1210. The van der Waals surface area contributed by atoms with Gasteiger partial charge in [-0.2, -0.15) is 5.10 Å². The number of rotatable bonds is 5. The van der Waals surface area contributed by atoms with Crippen LogP contribution in [0.3, 0.4) is 0 Å². The summed E-state index contributed by atoms with van der Waals surface area (Å²) in [6.07, 6.45) is 11.9. The Labute approximate surface area is 205 Å². The summed E-state index contributed by atoms with van der Waals surface area (Å²) in [5.74, 6) is 0.365. The molecule has 2 aromatic heterocycles. The highest BCUT2D eigenvalue weighted by molar-refractivity contribution is 5.95. The van der Waals surface area contributed by atoms with Gasteiger partial charge in [-0.05, 0) is 43.9 Å². The zero-order valence-electron chi connectivity index (χ0n) is 19.9. The summed E-state index contributed by atoms with van der Waals surface area (Å²) in [4.78, 5) is 27.2. The molecule has 0 atom stereocenters. The van der Waals surface area contributed by atoms with Crippen LogP contribution in [0.4, 0.5) is 4.39 Å². The first-order valence-electron chi connectivity index (χ1n) is 12.9. The van der Waals surface area contributed by atoms with E-state index >= 15 is 0 Å². The van der Waals surface area contributed by atoms with E-state index in [0.717, 1.165) is 44.7 Å². The first-order valence-corrected chi connectivity index (χ1v) is 12.9. The van der Waals surface area contributed by atoms with Crippen molar-refractivity contribution in [3.05, 3.63) is 59.8 Å². The molecular weight excluding hydrogens is 443 g/mol. The van der Waals surface area contributed by atoms with Gasteiger partial charge in [-0.25, -0.2) is 19.0 Å². The zero-order chi connectivity index (χ0) is 23.8. The molecule has 8 heteroatoms. The van der Waals surface area contributed by atoms with Gasteiger partial charge in [0.1, 0.15) is 5.82 Å². The van der Waals surface area contributed by atoms with E-state index in [4.69, 9.17) is 0 Å². The maximum Gasteiger partial charge on any atom is 0.257 e. The van der Waals surface area contributed by atoms with Crippen LogP contribution in [0.1, 0.15) is 66.9 Å². The Morgan fingerprint density at radius 1 is 0.943 bits per heavy atom. The minimum absolute atomic E-state index is 0.0479. The van der Waals surface area contributed by atoms with Crippen LogP contribution in [0.5, 0.6) is 0 Å². The third-order valence-corrected chi connectivity index (χ3v) is 7.68. The van der Waals surface area contributed by atoms with E-state index in [0.29, 0.717) is 28.8 Å². The predicted octanol–water partition coefficient (Wildman–Crippen LogP) is 4.44. The number of carbonyl (C=O) groups excluding carboxylic acids is 1. The smallest absolute Gasteiger partial charge is 0.257 e. The third-order valence-electron chi connectivity index (χ3n) is 7.68. The van der Waals surface area contributed by atoms with Gasteiger partial charge in [0.15, 0.2) is 0 Å². The van der Waals surface area contributed by atoms with Gasteiger partial charge in [-0.15, -0.1) is 0 Å². The average Bonchev–Trinajstić information content (AvgIpc) is 3.66. The molecule has 7 nitrogen and oxygen atoms in total. The SMILES string of the molecule is O=C(c1cnn(-c2nccc(-c3ccccc3F)n2)c1C1CC1)N1CCN(C2CCCCC2)CC1. The summed E-state index contributed by atoms with van der Waals surface area (Å²) in [5.41, 5.74) is 2.45. The van der Waals surface area contributed by atoms with Crippen molar-refractivity contribution in [1.82, 2.24) is 29.5 Å². The second-order valence-electron chi connectivity index (χ2n) is 9.97. The zero-order valence-corrected chi connectivity index (χ0v) is 19.9. The maximum atomic E-state index is 14.4. The number of carbonyl (C=O) groups is 1. The topological polar surface area (TPSA) is 67.2 Å². The normalized spacial score (nSPS) is 19.7. The van der Waals surface area contributed by atoms with Crippen LogP contribution in [0, 0.1) is 5.82 Å². The molecule has 3 heterocycles. The van der Waals surface area contributed by atoms with Gasteiger partial charge in [0, 0.05) is 49.9 Å². The van der Waals surface area contributed by atoms with Crippen molar-refractivity contribution in [2.24, 2.45) is 0 Å². The molecule has 35 heavy (non-hydrogen) atoms. The molecule has 0 radical (unpaired) electrons. The molecule has 0 spiro atoms. The number of halogens is 1. The van der Waals surface area contributed by atoms with Gasteiger partial charge in [-0.1, -0.05) is 31.4 Å². The molecule has 2 aliphatic carbocycles. The number of nitrogens with zero attached hydrogens (tertiary/aromatic N) is 6. The molecule has 6 rings (SSSR count). The molecule has 0 unspecified atom stereocenters. The van der Waals surface area contributed by atoms with Crippen LogP contribution < -0.4 is 0 Å². The molecule has 0 N–H and O–H groups in total. The summed E-state index contributed by atoms with van der Waals surface area (Å²) in [7, 11) is 0. The molecule has 0 bridgehead atoms. The molecule has 3 aliphatic rings. The lowest BCUT2D eigenvalue weighted by Gasteiger charge is -2.40. The quantitative estimate of drug-likeness (QED) is 0.547. The van der Waals surface area contributed by atoms with Crippen molar-refractivity contribution in [1.29, 1.82) is 0 Å². The van der Waals surface area contributed by atoms with Crippen molar-refractivity contribution in [3.8, 4) is 17.2 Å². The Balaban J connectivity index is 1.24. The number of aromatic nitrogens is 4. The molecule has 1 amide bonds. The van der Waals surface area contributed by atoms with Gasteiger partial charge in [0.25, 0.3) is 11.9 Å². The molecule has 3 fully saturated rings. The number of piperazine rings is 1. The summed E-state index contributed by atoms with van der Waals surface area (Å²) in [6.45, 7) is 3.39. The molecule has 1 aromatic carbocycles. The molecule has 2 saturated carbocycles. The summed E-state index contributed by atoms with van der Waals surface area (Å²) >= 11 is 0. The lowest BCUT2D eigenvalue weighted by molar-refractivity contribution is 0.0522. The van der Waals surface area contributed by atoms with Crippen LogP contribution in [0.15, 0.2) is 42.7 Å². The number of hydrogen-bond donors (Lipinski definition) is 0. The average molecular weight is 475 g/mol. The van der Waals surface area contributed by atoms with Crippen LogP contribution >= 0.6 is 0 Å². The van der Waals surface area contributed by atoms with E-state index < -0.39 is 0 Å². The van der Waals surface area contributed by atoms with E-state index in [2.05, 4.69) is 20.0 Å². The maximum absolute atomic E-state index is 14.4. The summed E-state index contributed by atoms with van der Waals surface area (Å²) < 4.78 is 16.0. The van der Waals surface area contributed by atoms with Gasteiger partial charge >= 0.3 is 0 Å². The lowest BCUT2D eigenvalue weighted by Crippen LogP contribution is -2.52. The fourth-order valence-electron chi connectivity index (χ4n) is 5.61. The van der Waals surface area contributed by atoms with Gasteiger partial charge in [-0.3, -0.25) is 9.69 Å². The number of benzene rings is 1. The van der Waals surface area contributed by atoms with E-state index in [9.17, 15) is 9.18 Å². The van der Waals surface area contributed by atoms with Crippen molar-refractivity contribution >= 4 is 5.91 Å². The first-order chi connectivity index (χ1) is 17.2. The van der Waals surface area contributed by atoms with Gasteiger partial charge in [0.2, 0.25) is 0 Å². The van der Waals surface area contributed by atoms with E-state index in [-0.39, 0.29) is 17.6 Å². The monoisotopic (exact) mass is 474 g/mol. The molecule has 182 valence electrons. The molecule has 3 aromatic rings. The third kappa shape index (κ3) is 4.47. The number of hydrogen-bond acceptors (Lipinski definition) is 5. The Morgan fingerprint density at radius 2 is 1.71 bits per heavy atom. The highest BCUT2D eigenvalue weighted by Gasteiger charge is 2.36. The second kappa shape index (κ2) is 9.49. The minimum atomic E-state index is -0.330. The van der Waals surface area contributed by atoms with Gasteiger partial charge in [0.05, 0.1) is 23.1 Å². The Hall–Kier alpha value is -3.13. The summed E-state index contributed by atoms with van der Waals surface area (Å²) in [6, 6.07) is 8.95. The summed E-state index contributed by atoms with van der Waals surface area (Å²) in [5, 5.41) is 4.55. The van der Waals surface area contributed by atoms with E-state index in [1.54, 1.807) is 41.3 Å². The fourth-order valence-corrected chi connectivity index (χ4v) is 5.61. The fraction of sp³-hybridized carbons (Fsp3) is 0.481. The standard InChI is InChI=1S/C27H31FN6O/c28-23-9-5-4-8-21(23)24-12-13-29-27(31-24)34-25(19-10-11-19)22(18-30-34)26(35)33-16-14-32(15-17-33)20-6-2-1-3-7-20/h4-5,8-9,12-13,18-20H,1-3,6-7,10-11,14-17H2. The second-order valence-corrected chi connectivity index (χ2v) is 9.97. The number of amides is 1. The van der Waals surface area contributed by atoms with Crippen molar-refractivity contribution in [2.45, 2.75) is 56.9 Å². The van der Waals surface area contributed by atoms with E-state index in [1.807, 2.05) is 4.90 Å². The van der Waals surface area contributed by atoms with Crippen molar-refractivity contribution < 1.29 is 9.18 Å². The highest BCUT2D eigenvalue weighted by atomic mass is 19.1. The Morgan fingerprint density at radius 3 is 2.46 bits per heavy atom. The van der Waals surface area contributed by atoms with Gasteiger partial charge < -0.3 is 4.90 Å².